The first-order chi connectivity index (χ1) is 17.0. The predicted molar refractivity (Wildman–Crippen MR) is 139 cm³/mol. The first-order valence-electron chi connectivity index (χ1n) is 12.3. The number of hydrogen-bond donors (Lipinski definition) is 0. The summed E-state index contributed by atoms with van der Waals surface area (Å²) in [4.78, 5) is 31.8. The van der Waals surface area contributed by atoms with E-state index < -0.39 is 4.92 Å². The summed E-state index contributed by atoms with van der Waals surface area (Å²) in [5, 5.41) is 12.4. The number of hydrogen-bond acceptors (Lipinski definition) is 6. The fourth-order valence-electron chi connectivity index (χ4n) is 5.12. The molecule has 2 aromatic rings. The summed E-state index contributed by atoms with van der Waals surface area (Å²) in [6.45, 7) is 0. The number of furan rings is 1. The molecule has 3 aliphatic rings. The highest BCUT2D eigenvalue weighted by atomic mass is 35.5. The average Bonchev–Trinajstić information content (AvgIpc) is 3.45. The zero-order chi connectivity index (χ0) is 24.4. The lowest BCUT2D eigenvalue weighted by Gasteiger charge is -2.31. The van der Waals surface area contributed by atoms with Crippen LogP contribution >= 0.6 is 23.4 Å². The molecule has 2 heterocycles. The van der Waals surface area contributed by atoms with Gasteiger partial charge >= 0.3 is 0 Å². The topological polar surface area (TPSA) is 88.9 Å². The number of aliphatic imine (C=N–C) groups is 1. The van der Waals surface area contributed by atoms with Crippen LogP contribution in [0.4, 0.5) is 5.69 Å². The van der Waals surface area contributed by atoms with Crippen LogP contribution in [0.5, 0.6) is 0 Å². The van der Waals surface area contributed by atoms with E-state index >= 15 is 0 Å². The van der Waals surface area contributed by atoms with Crippen LogP contribution in [-0.2, 0) is 4.79 Å². The Bertz CT molecular complexity index is 1180. The minimum atomic E-state index is -0.466. The number of carbonyl (C=O) groups is 1. The summed E-state index contributed by atoms with van der Waals surface area (Å²) in [5.41, 5.74) is 0.383. The Morgan fingerprint density at radius 3 is 2.49 bits per heavy atom. The second-order valence-corrected chi connectivity index (χ2v) is 10.8. The summed E-state index contributed by atoms with van der Waals surface area (Å²) in [6.07, 6.45) is 13.1. The van der Waals surface area contributed by atoms with E-state index in [9.17, 15) is 14.9 Å². The Morgan fingerprint density at radius 2 is 1.77 bits per heavy atom. The van der Waals surface area contributed by atoms with E-state index in [1.165, 1.54) is 55.6 Å². The highest BCUT2D eigenvalue weighted by Crippen LogP contribution is 2.39. The van der Waals surface area contributed by atoms with Gasteiger partial charge in [-0.2, -0.15) is 0 Å². The molecule has 184 valence electrons. The zero-order valence-corrected chi connectivity index (χ0v) is 21.0. The van der Waals surface area contributed by atoms with Gasteiger partial charge in [-0.3, -0.25) is 24.8 Å². The molecule has 1 aromatic heterocycles. The molecule has 0 unspecified atom stereocenters. The zero-order valence-electron chi connectivity index (χ0n) is 19.5. The number of thioether (sulfide) groups is 1. The maximum atomic E-state index is 13.5. The summed E-state index contributed by atoms with van der Waals surface area (Å²) < 4.78 is 5.95. The lowest BCUT2D eigenvalue weighted by molar-refractivity contribution is -0.384. The van der Waals surface area contributed by atoms with Crippen molar-refractivity contribution in [2.24, 2.45) is 4.99 Å². The molecule has 0 bridgehead atoms. The Labute approximate surface area is 213 Å². The van der Waals surface area contributed by atoms with Crippen molar-refractivity contribution in [2.45, 2.75) is 76.3 Å². The van der Waals surface area contributed by atoms with E-state index in [1.54, 1.807) is 18.2 Å². The summed E-state index contributed by atoms with van der Waals surface area (Å²) in [6, 6.07) is 8.21. The van der Waals surface area contributed by atoms with Crippen molar-refractivity contribution in [1.82, 2.24) is 4.90 Å². The van der Waals surface area contributed by atoms with E-state index in [2.05, 4.69) is 0 Å². The lowest BCUT2D eigenvalue weighted by atomic mass is 9.94. The first kappa shape index (κ1) is 24.1. The number of carbonyl (C=O) groups excluding carboxylic acids is 1. The molecule has 1 aromatic carbocycles. The molecule has 0 atom stereocenters. The Morgan fingerprint density at radius 1 is 1.06 bits per heavy atom. The van der Waals surface area contributed by atoms with E-state index in [4.69, 9.17) is 21.0 Å². The first-order valence-corrected chi connectivity index (χ1v) is 13.5. The predicted octanol–water partition coefficient (Wildman–Crippen LogP) is 7.45. The summed E-state index contributed by atoms with van der Waals surface area (Å²) in [5.74, 6) is 0.907. The van der Waals surface area contributed by atoms with Crippen LogP contribution in [0.25, 0.3) is 17.4 Å². The second-order valence-electron chi connectivity index (χ2n) is 9.40. The SMILES string of the molecule is O=C1C(=Cc2ccc(-c3cc([N+](=O)[O-])ccc3Cl)o2)SC(=NC2CCCCC2)N1C1CCCCC1. The lowest BCUT2D eigenvalue weighted by Crippen LogP contribution is -2.41. The van der Waals surface area contributed by atoms with Gasteiger partial charge in [0.05, 0.1) is 20.9 Å². The second kappa shape index (κ2) is 10.6. The van der Waals surface area contributed by atoms with Gasteiger partial charge in [0.25, 0.3) is 11.6 Å². The van der Waals surface area contributed by atoms with Gasteiger partial charge < -0.3 is 4.42 Å². The number of benzene rings is 1. The van der Waals surface area contributed by atoms with Gasteiger partial charge in [0.15, 0.2) is 5.17 Å². The smallest absolute Gasteiger partial charge is 0.270 e. The molecule has 5 rings (SSSR count). The quantitative estimate of drug-likeness (QED) is 0.235. The number of nitrogens with zero attached hydrogens (tertiary/aromatic N) is 3. The molecule has 2 aliphatic carbocycles. The molecule has 2 saturated carbocycles. The number of non-ortho nitro benzene ring substituents is 1. The van der Waals surface area contributed by atoms with E-state index in [1.807, 2.05) is 4.90 Å². The van der Waals surface area contributed by atoms with Crippen molar-refractivity contribution in [3.05, 3.63) is 56.1 Å². The van der Waals surface area contributed by atoms with Crippen LogP contribution in [-0.4, -0.2) is 33.0 Å². The molecule has 0 radical (unpaired) electrons. The Hall–Kier alpha value is -2.58. The van der Waals surface area contributed by atoms with Crippen molar-refractivity contribution in [3.8, 4) is 11.3 Å². The van der Waals surface area contributed by atoms with Crippen LogP contribution in [0, 0.1) is 10.1 Å². The largest absolute Gasteiger partial charge is 0.457 e. The molecular formula is C26H28ClN3O4S. The van der Waals surface area contributed by atoms with E-state index in [0.717, 1.165) is 43.7 Å². The number of rotatable bonds is 5. The minimum Gasteiger partial charge on any atom is -0.457 e. The average molecular weight is 514 g/mol. The molecule has 7 nitrogen and oxygen atoms in total. The molecule has 0 N–H and O–H groups in total. The number of amidine groups is 1. The number of nitro groups is 1. The summed E-state index contributed by atoms with van der Waals surface area (Å²) >= 11 is 7.71. The molecule has 1 amide bonds. The third-order valence-corrected chi connectivity index (χ3v) is 8.30. The molecule has 35 heavy (non-hydrogen) atoms. The van der Waals surface area contributed by atoms with Crippen molar-refractivity contribution in [2.75, 3.05) is 0 Å². The minimum absolute atomic E-state index is 0.0113. The van der Waals surface area contributed by atoms with Crippen LogP contribution in [0.3, 0.4) is 0 Å². The van der Waals surface area contributed by atoms with Gasteiger partial charge in [-0.1, -0.05) is 50.1 Å². The van der Waals surface area contributed by atoms with Crippen molar-refractivity contribution in [3.63, 3.8) is 0 Å². The molecule has 1 aliphatic heterocycles. The summed E-state index contributed by atoms with van der Waals surface area (Å²) in [7, 11) is 0. The maximum Gasteiger partial charge on any atom is 0.270 e. The number of nitro benzene ring substituents is 1. The molecular weight excluding hydrogens is 486 g/mol. The third-order valence-electron chi connectivity index (χ3n) is 6.97. The van der Waals surface area contributed by atoms with E-state index in [0.29, 0.717) is 27.0 Å². The van der Waals surface area contributed by atoms with Gasteiger partial charge in [-0.05, 0) is 55.6 Å². The van der Waals surface area contributed by atoms with Gasteiger partial charge in [-0.15, -0.1) is 0 Å². The van der Waals surface area contributed by atoms with E-state index in [-0.39, 0.29) is 23.7 Å². The fraction of sp³-hybridized carbons (Fsp3) is 0.462. The normalized spacial score (nSPS) is 22.4. The molecule has 0 spiro atoms. The number of halogens is 1. The third kappa shape index (κ3) is 5.33. The maximum absolute atomic E-state index is 13.5. The van der Waals surface area contributed by atoms with Crippen LogP contribution in [0.1, 0.15) is 70.0 Å². The van der Waals surface area contributed by atoms with Gasteiger partial charge in [0, 0.05) is 29.8 Å². The Kier molecular flexibility index (Phi) is 7.29. The van der Waals surface area contributed by atoms with Gasteiger partial charge in [0.1, 0.15) is 11.5 Å². The molecule has 3 fully saturated rings. The molecule has 9 heteroatoms. The molecule has 1 saturated heterocycles. The fourth-order valence-corrected chi connectivity index (χ4v) is 6.42. The van der Waals surface area contributed by atoms with Gasteiger partial charge in [-0.25, -0.2) is 0 Å². The van der Waals surface area contributed by atoms with Gasteiger partial charge in [0.2, 0.25) is 0 Å². The Balaban J connectivity index is 1.43. The van der Waals surface area contributed by atoms with Crippen molar-refractivity contribution >= 4 is 46.2 Å². The number of amides is 1. The van der Waals surface area contributed by atoms with Crippen LogP contribution in [0.2, 0.25) is 5.02 Å². The van der Waals surface area contributed by atoms with Crippen molar-refractivity contribution < 1.29 is 14.1 Å². The standard InChI is InChI=1S/C26H28ClN3O4S/c27-22-13-11-19(30(32)33)15-21(22)23-14-12-20(34-23)16-24-25(31)29(18-9-5-2-6-10-18)26(35-24)28-17-7-3-1-4-8-17/h11-18H,1-10H2. The monoisotopic (exact) mass is 513 g/mol. The highest BCUT2D eigenvalue weighted by molar-refractivity contribution is 8.18. The van der Waals surface area contributed by atoms with Crippen molar-refractivity contribution in [1.29, 1.82) is 0 Å². The highest BCUT2D eigenvalue weighted by Gasteiger charge is 2.39. The van der Waals surface area contributed by atoms with Crippen LogP contribution in [0.15, 0.2) is 44.6 Å². The van der Waals surface area contributed by atoms with Crippen LogP contribution < -0.4 is 0 Å².